The molecule has 0 radical (unpaired) electrons. The van der Waals surface area contributed by atoms with Crippen molar-refractivity contribution in [3.8, 4) is 0 Å². The summed E-state index contributed by atoms with van der Waals surface area (Å²) < 4.78 is 0. The lowest BCUT2D eigenvalue weighted by Gasteiger charge is -2.04. The van der Waals surface area contributed by atoms with Crippen molar-refractivity contribution in [2.45, 2.75) is 25.7 Å². The number of thiophene rings is 2. The first-order valence-corrected chi connectivity index (χ1v) is 7.55. The van der Waals surface area contributed by atoms with E-state index in [9.17, 15) is 0 Å². The van der Waals surface area contributed by atoms with E-state index in [1.165, 1.54) is 25.7 Å². The quantitative estimate of drug-likeness (QED) is 0.634. The summed E-state index contributed by atoms with van der Waals surface area (Å²) in [7, 11) is 0. The molecule has 0 aliphatic heterocycles. The molecule has 0 saturated carbocycles. The summed E-state index contributed by atoms with van der Waals surface area (Å²) >= 11 is 3.85. The molecule has 0 aromatic carbocycles. The van der Waals surface area contributed by atoms with Crippen LogP contribution in [-0.4, -0.2) is 0 Å². The molecule has 0 saturated heterocycles. The van der Waals surface area contributed by atoms with Gasteiger partial charge in [0.15, 0.2) is 0 Å². The first-order chi connectivity index (χ1) is 7.93. The lowest BCUT2D eigenvalue weighted by Crippen LogP contribution is -1.82. The molecule has 0 bridgehead atoms. The standard InChI is InChI=1S/C14H12S2/c1-3-13-11(5-7-15-13)9(1)10-2-4-14-12(10)6-8-16-14/h5-8H,1-4H2. The first kappa shape index (κ1) is 9.20. The molecule has 4 rings (SSSR count). The van der Waals surface area contributed by atoms with Gasteiger partial charge >= 0.3 is 0 Å². The Morgan fingerprint density at radius 1 is 0.688 bits per heavy atom. The van der Waals surface area contributed by atoms with Gasteiger partial charge in [-0.05, 0) is 70.8 Å². The van der Waals surface area contributed by atoms with Gasteiger partial charge in [0.1, 0.15) is 0 Å². The maximum atomic E-state index is 2.32. The molecule has 0 spiro atoms. The van der Waals surface area contributed by atoms with E-state index in [-0.39, 0.29) is 0 Å². The minimum atomic E-state index is 1.27. The molecule has 0 N–H and O–H groups in total. The Balaban J connectivity index is 1.94. The van der Waals surface area contributed by atoms with Gasteiger partial charge in [-0.1, -0.05) is 0 Å². The maximum absolute atomic E-state index is 2.32. The summed E-state index contributed by atoms with van der Waals surface area (Å²) in [4.78, 5) is 3.21. The molecule has 0 fully saturated rings. The Bertz CT molecular complexity index is 531. The van der Waals surface area contributed by atoms with E-state index in [4.69, 9.17) is 0 Å². The maximum Gasteiger partial charge on any atom is 0.0124 e. The Hall–Kier alpha value is -0.860. The lowest BCUT2D eigenvalue weighted by atomic mass is 10.00. The zero-order valence-corrected chi connectivity index (χ0v) is 10.6. The van der Waals surface area contributed by atoms with Crippen LogP contribution in [0, 0.1) is 0 Å². The summed E-state index contributed by atoms with van der Waals surface area (Å²) in [5.74, 6) is 0. The molecule has 0 amide bonds. The van der Waals surface area contributed by atoms with Gasteiger partial charge in [-0.2, -0.15) is 0 Å². The fourth-order valence-corrected chi connectivity index (χ4v) is 4.79. The van der Waals surface area contributed by atoms with Gasteiger partial charge in [0, 0.05) is 9.75 Å². The molecule has 0 atom stereocenters. The van der Waals surface area contributed by atoms with Crippen molar-refractivity contribution in [1.82, 2.24) is 0 Å². The fourth-order valence-electron chi connectivity index (χ4n) is 2.98. The fraction of sp³-hybridized carbons (Fsp3) is 0.286. The van der Waals surface area contributed by atoms with Crippen LogP contribution in [0.2, 0.25) is 0 Å². The predicted molar refractivity (Wildman–Crippen MR) is 72.1 cm³/mol. The number of aryl methyl sites for hydroxylation is 2. The molecule has 16 heavy (non-hydrogen) atoms. The lowest BCUT2D eigenvalue weighted by molar-refractivity contribution is 1.08. The first-order valence-electron chi connectivity index (χ1n) is 5.79. The molecule has 2 heterocycles. The SMILES string of the molecule is c1cc2c(s1)CCC2=C1CCc2sccc21. The average Bonchev–Trinajstić information content (AvgIpc) is 2.97. The number of hydrogen-bond acceptors (Lipinski definition) is 2. The second-order valence-corrected chi connectivity index (χ2v) is 6.47. The second kappa shape index (κ2) is 3.31. The normalized spacial score (nSPS) is 22.5. The van der Waals surface area contributed by atoms with Crippen molar-refractivity contribution < 1.29 is 0 Å². The van der Waals surface area contributed by atoms with Crippen LogP contribution >= 0.6 is 22.7 Å². The van der Waals surface area contributed by atoms with E-state index in [2.05, 4.69) is 22.9 Å². The van der Waals surface area contributed by atoms with Crippen LogP contribution in [0.25, 0.3) is 11.1 Å². The van der Waals surface area contributed by atoms with E-state index < -0.39 is 0 Å². The molecule has 2 aromatic rings. The molecule has 2 aromatic heterocycles. The van der Waals surface area contributed by atoms with E-state index in [1.807, 2.05) is 22.7 Å². The molecule has 2 aliphatic carbocycles. The van der Waals surface area contributed by atoms with Gasteiger partial charge in [-0.15, -0.1) is 22.7 Å². The zero-order valence-electron chi connectivity index (χ0n) is 8.95. The van der Waals surface area contributed by atoms with Crippen LogP contribution in [0.4, 0.5) is 0 Å². The van der Waals surface area contributed by atoms with Crippen LogP contribution in [0.1, 0.15) is 33.7 Å². The smallest absolute Gasteiger partial charge is 0.0124 e. The summed E-state index contributed by atoms with van der Waals surface area (Å²) in [6.07, 6.45) is 5.08. The molecule has 80 valence electrons. The summed E-state index contributed by atoms with van der Waals surface area (Å²) in [6, 6.07) is 4.64. The minimum Gasteiger partial charge on any atom is -0.148 e. The number of rotatable bonds is 0. The van der Waals surface area contributed by atoms with Crippen LogP contribution in [0.3, 0.4) is 0 Å². The Kier molecular flexibility index (Phi) is 1.91. The third kappa shape index (κ3) is 1.14. The topological polar surface area (TPSA) is 0 Å². The van der Waals surface area contributed by atoms with Gasteiger partial charge in [-0.25, -0.2) is 0 Å². The second-order valence-electron chi connectivity index (χ2n) is 4.47. The van der Waals surface area contributed by atoms with Crippen molar-refractivity contribution in [3.05, 3.63) is 43.8 Å². The van der Waals surface area contributed by atoms with Crippen LogP contribution in [0.15, 0.2) is 22.9 Å². The average molecular weight is 244 g/mol. The third-order valence-corrected chi connectivity index (χ3v) is 5.67. The monoisotopic (exact) mass is 244 g/mol. The van der Waals surface area contributed by atoms with Crippen LogP contribution < -0.4 is 0 Å². The van der Waals surface area contributed by atoms with Gasteiger partial charge in [-0.3, -0.25) is 0 Å². The highest BCUT2D eigenvalue weighted by Gasteiger charge is 2.25. The Morgan fingerprint density at radius 3 is 1.69 bits per heavy atom. The van der Waals surface area contributed by atoms with Gasteiger partial charge in [0.25, 0.3) is 0 Å². The Labute approximate surface area is 103 Å². The highest BCUT2D eigenvalue weighted by atomic mass is 32.1. The molecule has 0 unspecified atom stereocenters. The highest BCUT2D eigenvalue weighted by Crippen LogP contribution is 2.46. The summed E-state index contributed by atoms with van der Waals surface area (Å²) in [5, 5.41) is 4.49. The van der Waals surface area contributed by atoms with E-state index in [0.29, 0.717) is 0 Å². The minimum absolute atomic E-state index is 1.27. The third-order valence-electron chi connectivity index (χ3n) is 3.71. The van der Waals surface area contributed by atoms with Crippen LogP contribution in [-0.2, 0) is 12.8 Å². The molecular weight excluding hydrogens is 232 g/mol. The van der Waals surface area contributed by atoms with Gasteiger partial charge in [0.05, 0.1) is 0 Å². The van der Waals surface area contributed by atoms with E-state index in [1.54, 1.807) is 32.0 Å². The van der Waals surface area contributed by atoms with Crippen molar-refractivity contribution in [2.75, 3.05) is 0 Å². The predicted octanol–water partition coefficient (Wildman–Crippen LogP) is 4.61. The summed E-state index contributed by atoms with van der Waals surface area (Å²) in [6.45, 7) is 0. The molecule has 2 heteroatoms. The zero-order chi connectivity index (χ0) is 10.5. The molecular formula is C14H12S2. The molecule has 2 aliphatic rings. The van der Waals surface area contributed by atoms with Crippen LogP contribution in [0.5, 0.6) is 0 Å². The number of allylic oxidation sites excluding steroid dienone is 2. The number of hydrogen-bond donors (Lipinski definition) is 0. The van der Waals surface area contributed by atoms with Crippen molar-refractivity contribution in [2.24, 2.45) is 0 Å². The van der Waals surface area contributed by atoms with Gasteiger partial charge in [0.2, 0.25) is 0 Å². The largest absolute Gasteiger partial charge is 0.148 e. The van der Waals surface area contributed by atoms with Gasteiger partial charge < -0.3 is 0 Å². The van der Waals surface area contributed by atoms with Crippen molar-refractivity contribution >= 4 is 33.8 Å². The van der Waals surface area contributed by atoms with Crippen molar-refractivity contribution in [1.29, 1.82) is 0 Å². The van der Waals surface area contributed by atoms with E-state index >= 15 is 0 Å². The van der Waals surface area contributed by atoms with E-state index in [0.717, 1.165) is 0 Å². The molecule has 0 nitrogen and oxygen atoms in total. The summed E-state index contributed by atoms with van der Waals surface area (Å²) in [5.41, 5.74) is 6.40. The van der Waals surface area contributed by atoms with Crippen molar-refractivity contribution in [3.63, 3.8) is 0 Å². The number of fused-ring (bicyclic) bond motifs is 2. The Morgan fingerprint density at radius 2 is 1.19 bits per heavy atom. The highest BCUT2D eigenvalue weighted by molar-refractivity contribution is 7.10.